The van der Waals surface area contributed by atoms with E-state index in [0.717, 1.165) is 5.06 Å². The van der Waals surface area contributed by atoms with Crippen molar-refractivity contribution in [3.05, 3.63) is 35.0 Å². The first kappa shape index (κ1) is 19.4. The van der Waals surface area contributed by atoms with Crippen molar-refractivity contribution in [1.82, 2.24) is 0 Å². The van der Waals surface area contributed by atoms with Crippen molar-refractivity contribution in [3.63, 3.8) is 0 Å². The van der Waals surface area contributed by atoms with Gasteiger partial charge in [0.2, 0.25) is 0 Å². The third-order valence-electron chi connectivity index (χ3n) is 3.68. The van der Waals surface area contributed by atoms with Gasteiger partial charge in [-0.05, 0) is 43.2 Å². The summed E-state index contributed by atoms with van der Waals surface area (Å²) in [5.41, 5.74) is -1.55. The molecule has 26 heavy (non-hydrogen) atoms. The van der Waals surface area contributed by atoms with Crippen molar-refractivity contribution < 1.29 is 28.8 Å². The van der Waals surface area contributed by atoms with Gasteiger partial charge >= 0.3 is 17.7 Å². The molecule has 1 aromatic rings. The molecule has 0 aliphatic carbocycles. The van der Waals surface area contributed by atoms with Gasteiger partial charge in [-0.15, -0.1) is 5.06 Å². The number of hydroxylamine groups is 2. The minimum absolute atomic E-state index is 0.180. The Bertz CT molecular complexity index is 771. The Hall–Kier alpha value is -2.97. The van der Waals surface area contributed by atoms with Crippen molar-refractivity contribution in [2.75, 3.05) is 5.06 Å². The predicted molar refractivity (Wildman–Crippen MR) is 89.9 cm³/mol. The van der Waals surface area contributed by atoms with E-state index in [1.165, 1.54) is 45.0 Å². The number of ether oxygens (including phenoxy) is 1. The SMILES string of the molecule is CC(=O)ON(C(C)=O)c1ccc(C(=O)OC2(C)CC(C)(C)N=[N+]2[O-])cc1. The number of amides is 1. The number of benzene rings is 1. The van der Waals surface area contributed by atoms with E-state index in [4.69, 9.17) is 9.57 Å². The molecular formula is C17H21N3O6. The Morgan fingerprint density at radius 3 is 2.15 bits per heavy atom. The van der Waals surface area contributed by atoms with Crippen LogP contribution in [-0.2, 0) is 19.2 Å². The molecule has 1 atom stereocenters. The summed E-state index contributed by atoms with van der Waals surface area (Å²) in [5, 5.41) is 16.7. The average molecular weight is 363 g/mol. The molecule has 0 aromatic heterocycles. The maximum Gasteiger partial charge on any atom is 0.343 e. The van der Waals surface area contributed by atoms with Crippen LogP contribution in [0.15, 0.2) is 29.4 Å². The Kier molecular flexibility index (Phi) is 5.02. The van der Waals surface area contributed by atoms with E-state index in [1.54, 1.807) is 13.8 Å². The summed E-state index contributed by atoms with van der Waals surface area (Å²) in [6.45, 7) is 7.46. The van der Waals surface area contributed by atoms with Crippen molar-refractivity contribution in [2.24, 2.45) is 5.11 Å². The topological polar surface area (TPSA) is 111 Å². The largest absolute Gasteiger partial charge is 0.597 e. The summed E-state index contributed by atoms with van der Waals surface area (Å²) in [4.78, 5) is 40.3. The molecule has 0 bridgehead atoms. The lowest BCUT2D eigenvalue weighted by molar-refractivity contribution is -0.637. The van der Waals surface area contributed by atoms with Crippen molar-refractivity contribution in [3.8, 4) is 0 Å². The number of hydrogen-bond acceptors (Lipinski definition) is 7. The Morgan fingerprint density at radius 1 is 1.15 bits per heavy atom. The minimum atomic E-state index is -1.39. The van der Waals surface area contributed by atoms with E-state index in [0.29, 0.717) is 4.86 Å². The van der Waals surface area contributed by atoms with Crippen LogP contribution in [0.4, 0.5) is 5.69 Å². The molecule has 1 unspecified atom stereocenters. The minimum Gasteiger partial charge on any atom is -0.597 e. The first-order valence-electron chi connectivity index (χ1n) is 7.96. The number of carbonyl (C=O) groups is 3. The first-order chi connectivity index (χ1) is 11.9. The number of carbonyl (C=O) groups excluding carboxylic acids is 3. The molecule has 140 valence electrons. The zero-order chi connectivity index (χ0) is 19.7. The average Bonchev–Trinajstić information content (AvgIpc) is 2.71. The molecular weight excluding hydrogens is 342 g/mol. The number of rotatable bonds is 3. The van der Waals surface area contributed by atoms with Gasteiger partial charge in [0.1, 0.15) is 5.54 Å². The Morgan fingerprint density at radius 2 is 1.73 bits per heavy atom. The number of esters is 1. The lowest BCUT2D eigenvalue weighted by Gasteiger charge is -2.22. The molecule has 1 aromatic carbocycles. The summed E-state index contributed by atoms with van der Waals surface area (Å²) in [6, 6.07) is 5.68. The highest BCUT2D eigenvalue weighted by Gasteiger charge is 2.52. The van der Waals surface area contributed by atoms with Crippen LogP contribution >= 0.6 is 0 Å². The van der Waals surface area contributed by atoms with E-state index in [1.807, 2.05) is 0 Å². The van der Waals surface area contributed by atoms with Gasteiger partial charge < -0.3 is 14.8 Å². The fourth-order valence-corrected chi connectivity index (χ4v) is 2.75. The van der Waals surface area contributed by atoms with Crippen LogP contribution in [-0.4, -0.2) is 34.0 Å². The van der Waals surface area contributed by atoms with Gasteiger partial charge in [0.15, 0.2) is 0 Å². The van der Waals surface area contributed by atoms with Crippen LogP contribution in [0, 0.1) is 5.21 Å². The third-order valence-corrected chi connectivity index (χ3v) is 3.68. The third kappa shape index (κ3) is 4.16. The molecule has 0 N–H and O–H groups in total. The molecule has 9 heteroatoms. The molecule has 0 saturated heterocycles. The van der Waals surface area contributed by atoms with Crippen LogP contribution < -0.4 is 5.06 Å². The lowest BCUT2D eigenvalue weighted by atomic mass is 9.97. The van der Waals surface area contributed by atoms with E-state index >= 15 is 0 Å². The molecule has 0 fully saturated rings. The molecule has 1 aliphatic rings. The summed E-state index contributed by atoms with van der Waals surface area (Å²) in [5.74, 6) is -1.85. The maximum atomic E-state index is 12.4. The van der Waals surface area contributed by atoms with E-state index in [-0.39, 0.29) is 17.7 Å². The number of hydrogen-bond donors (Lipinski definition) is 0. The smallest absolute Gasteiger partial charge is 0.343 e. The van der Waals surface area contributed by atoms with Crippen LogP contribution in [0.3, 0.4) is 0 Å². The highest BCUT2D eigenvalue weighted by atomic mass is 16.7. The van der Waals surface area contributed by atoms with Gasteiger partial charge in [-0.3, -0.25) is 4.79 Å². The molecule has 0 radical (unpaired) electrons. The van der Waals surface area contributed by atoms with Gasteiger partial charge in [-0.1, -0.05) is 4.86 Å². The highest BCUT2D eigenvalue weighted by molar-refractivity contribution is 5.93. The van der Waals surface area contributed by atoms with Gasteiger partial charge in [0.05, 0.1) is 17.7 Å². The van der Waals surface area contributed by atoms with Gasteiger partial charge in [0, 0.05) is 20.8 Å². The summed E-state index contributed by atoms with van der Waals surface area (Å²) >= 11 is 0. The van der Waals surface area contributed by atoms with E-state index < -0.39 is 29.1 Å². The molecule has 0 saturated carbocycles. The normalized spacial score (nSPS) is 20.9. The molecule has 1 amide bonds. The van der Waals surface area contributed by atoms with Gasteiger partial charge in [-0.2, -0.15) is 0 Å². The zero-order valence-corrected chi connectivity index (χ0v) is 15.3. The van der Waals surface area contributed by atoms with Crippen LogP contribution in [0.25, 0.3) is 0 Å². The van der Waals surface area contributed by atoms with Gasteiger partial charge in [-0.25, -0.2) is 9.59 Å². The monoisotopic (exact) mass is 363 g/mol. The molecule has 9 nitrogen and oxygen atoms in total. The summed E-state index contributed by atoms with van der Waals surface area (Å²) in [6.07, 6.45) is 0.262. The molecule has 1 heterocycles. The Balaban J connectivity index is 2.15. The quantitative estimate of drug-likeness (QED) is 0.353. The number of anilines is 1. The van der Waals surface area contributed by atoms with Crippen LogP contribution in [0.2, 0.25) is 0 Å². The van der Waals surface area contributed by atoms with Crippen molar-refractivity contribution in [1.29, 1.82) is 0 Å². The van der Waals surface area contributed by atoms with Gasteiger partial charge in [0.25, 0.3) is 5.91 Å². The summed E-state index contributed by atoms with van der Waals surface area (Å²) in [7, 11) is 0. The molecule has 0 spiro atoms. The molecule has 1 aliphatic heterocycles. The number of azo groups is 1. The zero-order valence-electron chi connectivity index (χ0n) is 15.3. The van der Waals surface area contributed by atoms with E-state index in [9.17, 15) is 19.6 Å². The fraction of sp³-hybridized carbons (Fsp3) is 0.471. The second kappa shape index (κ2) is 6.74. The fourth-order valence-electron chi connectivity index (χ4n) is 2.75. The highest BCUT2D eigenvalue weighted by Crippen LogP contribution is 2.35. The van der Waals surface area contributed by atoms with Crippen LogP contribution in [0.5, 0.6) is 0 Å². The van der Waals surface area contributed by atoms with Crippen molar-refractivity contribution in [2.45, 2.75) is 52.3 Å². The Labute approximate surface area is 150 Å². The number of nitrogens with zero attached hydrogens (tertiary/aromatic N) is 3. The van der Waals surface area contributed by atoms with Crippen molar-refractivity contribution >= 4 is 23.5 Å². The summed E-state index contributed by atoms with van der Waals surface area (Å²) < 4.78 is 5.36. The first-order valence-corrected chi connectivity index (χ1v) is 7.96. The lowest BCUT2D eigenvalue weighted by Crippen LogP contribution is -2.39. The predicted octanol–water partition coefficient (Wildman–Crippen LogP) is 2.54. The van der Waals surface area contributed by atoms with Crippen LogP contribution in [0.1, 0.15) is 51.4 Å². The van der Waals surface area contributed by atoms with E-state index in [2.05, 4.69) is 5.11 Å². The second-order valence-electron chi connectivity index (χ2n) is 6.87. The maximum absolute atomic E-state index is 12.4. The standard InChI is InChI=1S/C17H21N3O6/c1-11(21)19(26-12(2)22)14-8-6-13(7-9-14)15(23)25-17(5)10-16(3,4)18-20(17)24/h6-9H,10H2,1-5H3. The molecule has 2 rings (SSSR count). The second-order valence-corrected chi connectivity index (χ2v) is 6.87.